The number of nitrogens with one attached hydrogen (secondary N) is 2. The third-order valence-corrected chi connectivity index (χ3v) is 7.11. The summed E-state index contributed by atoms with van der Waals surface area (Å²) >= 11 is 12.9. The second-order valence-electron chi connectivity index (χ2n) is 6.77. The van der Waals surface area contributed by atoms with Crippen LogP contribution in [-0.2, 0) is 0 Å². The largest absolute Gasteiger partial charge is 1.00 e. The molecule has 0 bridgehead atoms. The number of carbonyl (C=O) groups excluding carboxylic acids is 1. The fourth-order valence-corrected chi connectivity index (χ4v) is 4.91. The molecule has 2 aromatic heterocycles. The molecule has 1 unspecified atom stereocenters. The Bertz CT molecular complexity index is 988. The second kappa shape index (κ2) is 8.09. The van der Waals surface area contributed by atoms with E-state index >= 15 is 0 Å². The number of nitrogens with zero attached hydrogens (tertiary/aromatic N) is 2. The maximum absolute atomic E-state index is 12.4. The van der Waals surface area contributed by atoms with Crippen molar-refractivity contribution in [1.29, 1.82) is 0 Å². The Kier molecular flexibility index (Phi) is 6.24. The molecule has 1 aliphatic heterocycles. The van der Waals surface area contributed by atoms with Gasteiger partial charge in [0.05, 0.1) is 10.0 Å². The summed E-state index contributed by atoms with van der Waals surface area (Å²) in [5, 5.41) is 22.1. The van der Waals surface area contributed by atoms with Crippen LogP contribution in [-0.4, -0.2) is 57.2 Å². The molecule has 3 atom stereocenters. The van der Waals surface area contributed by atoms with Crippen LogP contribution in [0.25, 0.3) is 0 Å². The van der Waals surface area contributed by atoms with Crippen molar-refractivity contribution >= 4 is 57.5 Å². The summed E-state index contributed by atoms with van der Waals surface area (Å²) in [6, 6.07) is -0.0277. The van der Waals surface area contributed by atoms with Gasteiger partial charge in [-0.15, -0.1) is 0 Å². The molecular weight excluding hydrogens is 454 g/mol. The number of carboxylic acid groups (broad SMARTS) is 2. The molecule has 9 nitrogen and oxygen atoms in total. The van der Waals surface area contributed by atoms with E-state index in [0.717, 1.165) is 11.3 Å². The molecular formula is C16H15Cl2N4NaO5S. The topological polar surface area (TPSA) is 136 Å². The Balaban J connectivity index is 0.00000160. The van der Waals surface area contributed by atoms with E-state index in [1.807, 2.05) is 4.90 Å². The van der Waals surface area contributed by atoms with E-state index in [0.29, 0.717) is 28.9 Å². The van der Waals surface area contributed by atoms with Gasteiger partial charge >= 0.3 is 41.5 Å². The number of hydrogen-bond donors (Lipinski definition) is 4. The first-order valence-electron chi connectivity index (χ1n) is 8.25. The van der Waals surface area contributed by atoms with Gasteiger partial charge in [-0.05, 0) is 6.92 Å². The van der Waals surface area contributed by atoms with Crippen molar-refractivity contribution in [1.82, 2.24) is 15.3 Å². The van der Waals surface area contributed by atoms with Crippen molar-refractivity contribution < 1.29 is 55.6 Å². The Hall–Kier alpha value is -1.30. The number of piperidine rings is 1. The first kappa shape index (κ1) is 22.4. The number of thiazole rings is 1. The smallest absolute Gasteiger partial charge is 1.00 e. The molecule has 1 saturated carbocycles. The number of amides is 1. The van der Waals surface area contributed by atoms with Crippen molar-refractivity contribution in [2.45, 2.75) is 13.0 Å². The van der Waals surface area contributed by atoms with E-state index in [-0.39, 0.29) is 70.4 Å². The number of carboxylic acids is 2. The van der Waals surface area contributed by atoms with Crippen molar-refractivity contribution in [2.75, 3.05) is 18.0 Å². The molecule has 13 heteroatoms. The molecule has 0 aromatic carbocycles. The predicted molar refractivity (Wildman–Crippen MR) is 103 cm³/mol. The Morgan fingerprint density at radius 1 is 1.21 bits per heavy atom. The van der Waals surface area contributed by atoms with Gasteiger partial charge in [0.25, 0.3) is 5.91 Å². The molecule has 29 heavy (non-hydrogen) atoms. The summed E-state index contributed by atoms with van der Waals surface area (Å²) < 4.78 is 0. The van der Waals surface area contributed by atoms with E-state index in [1.165, 1.54) is 0 Å². The van der Waals surface area contributed by atoms with Crippen LogP contribution in [0.1, 0.15) is 37.8 Å². The van der Waals surface area contributed by atoms with E-state index < -0.39 is 17.6 Å². The van der Waals surface area contributed by atoms with E-state index in [9.17, 15) is 14.4 Å². The molecule has 0 spiro atoms. The van der Waals surface area contributed by atoms with Gasteiger partial charge in [0.2, 0.25) is 0 Å². The van der Waals surface area contributed by atoms with Gasteiger partial charge in [-0.1, -0.05) is 34.5 Å². The van der Waals surface area contributed by atoms with Gasteiger partial charge < -0.3 is 26.8 Å². The van der Waals surface area contributed by atoms with Gasteiger partial charge in [0.1, 0.15) is 10.6 Å². The van der Waals surface area contributed by atoms with Crippen LogP contribution in [0.2, 0.25) is 10.0 Å². The fourth-order valence-electron chi connectivity index (χ4n) is 3.58. The molecule has 2 fully saturated rings. The van der Waals surface area contributed by atoms with Crippen LogP contribution < -0.4 is 39.8 Å². The van der Waals surface area contributed by atoms with Gasteiger partial charge in [-0.3, -0.25) is 4.79 Å². The number of carbonyl (C=O) groups is 3. The molecule has 2 aromatic rings. The summed E-state index contributed by atoms with van der Waals surface area (Å²) in [5.41, 5.74) is 0.390. The number of aromatic nitrogens is 2. The quantitative estimate of drug-likeness (QED) is 0.432. The number of anilines is 1. The van der Waals surface area contributed by atoms with Crippen LogP contribution in [0.3, 0.4) is 0 Å². The van der Waals surface area contributed by atoms with E-state index in [1.54, 1.807) is 6.92 Å². The van der Waals surface area contributed by atoms with Crippen molar-refractivity contribution in [3.8, 4) is 0 Å². The Labute approximate surface area is 202 Å². The zero-order valence-electron chi connectivity index (χ0n) is 16.3. The minimum Gasteiger partial charge on any atom is -1.00 e. The number of halogens is 2. The zero-order chi connectivity index (χ0) is 20.3. The third kappa shape index (κ3) is 3.89. The zero-order valence-corrected chi connectivity index (χ0v) is 19.7. The van der Waals surface area contributed by atoms with Gasteiger partial charge in [-0.2, -0.15) is 0 Å². The van der Waals surface area contributed by atoms with Crippen molar-refractivity contribution in [2.24, 2.45) is 11.8 Å². The van der Waals surface area contributed by atoms with Crippen LogP contribution in [0.15, 0.2) is 0 Å². The maximum atomic E-state index is 12.4. The number of rotatable bonds is 5. The third-order valence-electron chi connectivity index (χ3n) is 5.06. The molecule has 1 amide bonds. The monoisotopic (exact) mass is 468 g/mol. The van der Waals surface area contributed by atoms with Gasteiger partial charge in [-0.25, -0.2) is 14.6 Å². The van der Waals surface area contributed by atoms with Gasteiger partial charge in [0.15, 0.2) is 10.8 Å². The Morgan fingerprint density at radius 3 is 2.28 bits per heavy atom. The van der Waals surface area contributed by atoms with Crippen LogP contribution in [0.5, 0.6) is 0 Å². The standard InChI is InChI=1S/C16H14Cl2N4O5S.Na.H/c1-4-7(17)8(18)10(19-4)13(23)20-9-5-2-22(3-6(5)9)16-21-11(14(24)25)12(28-16)15(26)27;;/h5-6,9,19H,2-3H2,1H3,(H,20,23)(H,24,25)(H,26,27);;/q;+1;-1/t5-,6+,9?;;. The van der Waals surface area contributed by atoms with E-state index in [4.69, 9.17) is 33.4 Å². The SMILES string of the molecule is Cc1[nH]c(C(=O)NC2[C@H]3CN(c4nc(C(=O)O)c(C(=O)O)s4)C[C@@H]23)c(Cl)c1Cl.[H-].[Na+]. The molecule has 150 valence electrons. The summed E-state index contributed by atoms with van der Waals surface area (Å²) in [5.74, 6) is -2.65. The number of H-pyrrole nitrogens is 1. The second-order valence-corrected chi connectivity index (χ2v) is 8.50. The average molecular weight is 469 g/mol. The first-order valence-corrected chi connectivity index (χ1v) is 9.83. The number of fused-ring (bicyclic) bond motifs is 1. The summed E-state index contributed by atoms with van der Waals surface area (Å²) in [4.78, 5) is 43.2. The summed E-state index contributed by atoms with van der Waals surface area (Å²) in [6.45, 7) is 2.83. The average Bonchev–Trinajstić information content (AvgIpc) is 3.06. The molecule has 0 radical (unpaired) electrons. The molecule has 1 aliphatic carbocycles. The first-order chi connectivity index (χ1) is 13.2. The summed E-state index contributed by atoms with van der Waals surface area (Å²) in [6.07, 6.45) is 0. The maximum Gasteiger partial charge on any atom is 1.00 e. The van der Waals surface area contributed by atoms with Crippen LogP contribution >= 0.6 is 34.5 Å². The van der Waals surface area contributed by atoms with Crippen LogP contribution in [0.4, 0.5) is 5.13 Å². The van der Waals surface area contributed by atoms with Crippen molar-refractivity contribution in [3.05, 3.63) is 32.0 Å². The number of aromatic amines is 1. The number of hydrogen-bond acceptors (Lipinski definition) is 6. The summed E-state index contributed by atoms with van der Waals surface area (Å²) in [7, 11) is 0. The minimum absolute atomic E-state index is 0. The molecule has 4 N–H and O–H groups in total. The van der Waals surface area contributed by atoms with E-state index in [2.05, 4.69) is 15.3 Å². The Morgan fingerprint density at radius 2 is 1.83 bits per heavy atom. The predicted octanol–water partition coefficient (Wildman–Crippen LogP) is -0.536. The molecule has 4 rings (SSSR count). The van der Waals surface area contributed by atoms with Crippen LogP contribution in [0, 0.1) is 18.8 Å². The minimum atomic E-state index is -1.37. The number of aromatic carboxylic acids is 2. The van der Waals surface area contributed by atoms with Gasteiger partial charge in [0, 0.05) is 36.7 Å². The molecule has 2 aliphatic rings. The normalized spacial score (nSPS) is 22.0. The molecule has 1 saturated heterocycles. The fraction of sp³-hybridized carbons (Fsp3) is 0.375. The number of aryl methyl sites for hydroxylation is 1. The molecule has 3 heterocycles. The van der Waals surface area contributed by atoms with Crippen molar-refractivity contribution in [3.63, 3.8) is 0 Å².